The molecule has 0 spiro atoms. The van der Waals surface area contributed by atoms with Gasteiger partial charge in [0, 0.05) is 30.1 Å². The van der Waals surface area contributed by atoms with Crippen molar-refractivity contribution in [2.24, 2.45) is 0 Å². The topological polar surface area (TPSA) is 49.4 Å². The van der Waals surface area contributed by atoms with Crippen molar-refractivity contribution in [3.8, 4) is 0 Å². The number of nitrogens with one attached hydrogen (secondary N) is 1. The molecule has 4 nitrogen and oxygen atoms in total. The summed E-state index contributed by atoms with van der Waals surface area (Å²) >= 11 is 1.58. The van der Waals surface area contributed by atoms with Gasteiger partial charge < -0.3 is 10.2 Å². The van der Waals surface area contributed by atoms with Crippen LogP contribution in [-0.2, 0) is 10.5 Å². The Kier molecular flexibility index (Phi) is 7.54. The molecule has 0 radical (unpaired) electrons. The molecule has 2 rings (SSSR count). The average Bonchev–Trinajstić information content (AvgIpc) is 2.64. The van der Waals surface area contributed by atoms with Crippen molar-refractivity contribution < 1.29 is 9.59 Å². The molecule has 0 bridgehead atoms. The highest BCUT2D eigenvalue weighted by Crippen LogP contribution is 2.14. The van der Waals surface area contributed by atoms with Gasteiger partial charge >= 0.3 is 0 Å². The first kappa shape index (κ1) is 19.1. The maximum atomic E-state index is 12.3. The lowest BCUT2D eigenvalue weighted by atomic mass is 10.2. The van der Waals surface area contributed by atoms with E-state index in [-0.39, 0.29) is 11.8 Å². The molecule has 132 valence electrons. The number of rotatable bonds is 8. The lowest BCUT2D eigenvalue weighted by Gasteiger charge is -2.18. The van der Waals surface area contributed by atoms with Gasteiger partial charge in [-0.1, -0.05) is 30.3 Å². The Labute approximate surface area is 153 Å². The first-order chi connectivity index (χ1) is 12.1. The van der Waals surface area contributed by atoms with Crippen molar-refractivity contribution in [3.05, 3.63) is 65.7 Å². The fourth-order valence-corrected chi connectivity index (χ4v) is 3.21. The molecule has 2 aromatic carbocycles. The third-order valence-electron chi connectivity index (χ3n) is 3.81. The lowest BCUT2D eigenvalue weighted by Crippen LogP contribution is -2.30. The monoisotopic (exact) mass is 356 g/mol. The van der Waals surface area contributed by atoms with E-state index in [1.54, 1.807) is 40.9 Å². The van der Waals surface area contributed by atoms with Crippen LogP contribution in [0.5, 0.6) is 0 Å². The van der Waals surface area contributed by atoms with E-state index < -0.39 is 0 Å². The fourth-order valence-electron chi connectivity index (χ4n) is 2.42. The van der Waals surface area contributed by atoms with Gasteiger partial charge in [0.15, 0.2) is 0 Å². The number of anilines is 1. The minimum Gasteiger partial charge on any atom is -0.339 e. The minimum atomic E-state index is -0.0382. The van der Waals surface area contributed by atoms with Crippen molar-refractivity contribution >= 4 is 29.3 Å². The summed E-state index contributed by atoms with van der Waals surface area (Å²) in [6.45, 7) is 5.30. The smallest absolute Gasteiger partial charge is 0.253 e. The average molecular weight is 356 g/mol. The van der Waals surface area contributed by atoms with Gasteiger partial charge in [-0.2, -0.15) is 0 Å². The SMILES string of the molecule is CCN(CC)C(=O)c1ccc(NC(=O)CSCc2ccccc2)cc1. The standard InChI is InChI=1S/C20H24N2O2S/c1-3-22(4-2)20(24)17-10-12-18(13-11-17)21-19(23)15-25-14-16-8-6-5-7-9-16/h5-13H,3-4,14-15H2,1-2H3,(H,21,23). The van der Waals surface area contributed by atoms with Crippen LogP contribution >= 0.6 is 11.8 Å². The predicted octanol–water partition coefficient (Wildman–Crippen LogP) is 4.04. The van der Waals surface area contributed by atoms with E-state index in [9.17, 15) is 9.59 Å². The molecule has 0 saturated carbocycles. The van der Waals surface area contributed by atoms with E-state index in [2.05, 4.69) is 17.4 Å². The van der Waals surface area contributed by atoms with Gasteiger partial charge in [0.1, 0.15) is 0 Å². The van der Waals surface area contributed by atoms with Gasteiger partial charge in [-0.05, 0) is 43.7 Å². The minimum absolute atomic E-state index is 0.0151. The number of benzene rings is 2. The molecular weight excluding hydrogens is 332 g/mol. The van der Waals surface area contributed by atoms with E-state index in [4.69, 9.17) is 0 Å². The van der Waals surface area contributed by atoms with Crippen LogP contribution in [0.2, 0.25) is 0 Å². The van der Waals surface area contributed by atoms with Crippen LogP contribution in [-0.4, -0.2) is 35.6 Å². The predicted molar refractivity (Wildman–Crippen MR) is 105 cm³/mol. The number of carbonyl (C=O) groups excluding carboxylic acids is 2. The molecule has 0 aromatic heterocycles. The third-order valence-corrected chi connectivity index (χ3v) is 4.81. The first-order valence-electron chi connectivity index (χ1n) is 8.45. The number of hydrogen-bond donors (Lipinski definition) is 1. The van der Waals surface area contributed by atoms with Crippen molar-refractivity contribution in [1.82, 2.24) is 4.90 Å². The molecule has 0 aliphatic carbocycles. The molecule has 0 aliphatic rings. The Morgan fingerprint density at radius 1 is 0.960 bits per heavy atom. The quantitative estimate of drug-likeness (QED) is 0.776. The van der Waals surface area contributed by atoms with Crippen molar-refractivity contribution in [2.75, 3.05) is 24.2 Å². The molecule has 2 amide bonds. The number of nitrogens with zero attached hydrogens (tertiary/aromatic N) is 1. The number of hydrogen-bond acceptors (Lipinski definition) is 3. The number of thioether (sulfide) groups is 1. The second kappa shape index (κ2) is 9.89. The van der Waals surface area contributed by atoms with Crippen molar-refractivity contribution in [3.63, 3.8) is 0 Å². The lowest BCUT2D eigenvalue weighted by molar-refractivity contribution is -0.113. The van der Waals surface area contributed by atoms with Gasteiger partial charge in [-0.15, -0.1) is 11.8 Å². The van der Waals surface area contributed by atoms with Crippen LogP contribution in [0.15, 0.2) is 54.6 Å². The summed E-state index contributed by atoms with van der Waals surface area (Å²) in [7, 11) is 0. The Bertz CT molecular complexity index is 683. The highest BCUT2D eigenvalue weighted by molar-refractivity contribution is 7.99. The van der Waals surface area contributed by atoms with Gasteiger partial charge in [0.05, 0.1) is 5.75 Å². The summed E-state index contributed by atoms with van der Waals surface area (Å²) in [5, 5.41) is 2.87. The van der Waals surface area contributed by atoms with Gasteiger partial charge in [-0.3, -0.25) is 9.59 Å². The molecule has 0 saturated heterocycles. The third kappa shape index (κ3) is 5.94. The largest absolute Gasteiger partial charge is 0.339 e. The fraction of sp³-hybridized carbons (Fsp3) is 0.300. The second-order valence-corrected chi connectivity index (χ2v) is 6.57. The van der Waals surface area contributed by atoms with Crippen LogP contribution in [0.3, 0.4) is 0 Å². The van der Waals surface area contributed by atoms with Crippen molar-refractivity contribution in [1.29, 1.82) is 0 Å². The maximum Gasteiger partial charge on any atom is 0.253 e. The molecule has 5 heteroatoms. The Hall–Kier alpha value is -2.27. The molecule has 0 fully saturated rings. The normalized spacial score (nSPS) is 10.3. The summed E-state index contributed by atoms with van der Waals surface area (Å²) in [4.78, 5) is 26.0. The molecule has 1 N–H and O–H groups in total. The highest BCUT2D eigenvalue weighted by atomic mass is 32.2. The van der Waals surface area contributed by atoms with E-state index in [1.807, 2.05) is 32.0 Å². The zero-order valence-electron chi connectivity index (χ0n) is 14.7. The van der Waals surface area contributed by atoms with Crippen LogP contribution in [0.25, 0.3) is 0 Å². The van der Waals surface area contributed by atoms with E-state index in [0.29, 0.717) is 30.1 Å². The first-order valence-corrected chi connectivity index (χ1v) is 9.60. The Morgan fingerprint density at radius 2 is 1.60 bits per heavy atom. The summed E-state index contributed by atoms with van der Waals surface area (Å²) in [5.74, 6) is 1.19. The molecular formula is C20H24N2O2S. The molecule has 2 aromatic rings. The maximum absolute atomic E-state index is 12.3. The van der Waals surface area contributed by atoms with Gasteiger partial charge in [-0.25, -0.2) is 0 Å². The number of carbonyl (C=O) groups is 2. The summed E-state index contributed by atoms with van der Waals surface area (Å²) in [6.07, 6.45) is 0. The zero-order valence-corrected chi connectivity index (χ0v) is 15.5. The highest BCUT2D eigenvalue weighted by Gasteiger charge is 2.12. The van der Waals surface area contributed by atoms with Gasteiger partial charge in [0.25, 0.3) is 5.91 Å². The van der Waals surface area contributed by atoms with Crippen LogP contribution in [0, 0.1) is 0 Å². The number of amides is 2. The van der Waals surface area contributed by atoms with E-state index in [0.717, 1.165) is 5.75 Å². The van der Waals surface area contributed by atoms with Gasteiger partial charge in [0.2, 0.25) is 5.91 Å². The van der Waals surface area contributed by atoms with Crippen LogP contribution in [0.4, 0.5) is 5.69 Å². The zero-order chi connectivity index (χ0) is 18.1. The Balaban J connectivity index is 1.82. The summed E-state index contributed by atoms with van der Waals surface area (Å²) < 4.78 is 0. The van der Waals surface area contributed by atoms with Crippen molar-refractivity contribution in [2.45, 2.75) is 19.6 Å². The summed E-state index contributed by atoms with van der Waals surface area (Å²) in [6, 6.07) is 17.1. The molecule has 0 unspecified atom stereocenters. The molecule has 0 heterocycles. The van der Waals surface area contributed by atoms with E-state index in [1.165, 1.54) is 5.56 Å². The van der Waals surface area contributed by atoms with Crippen LogP contribution in [0.1, 0.15) is 29.8 Å². The van der Waals surface area contributed by atoms with Crippen LogP contribution < -0.4 is 5.32 Å². The summed E-state index contributed by atoms with van der Waals surface area (Å²) in [5.41, 5.74) is 2.56. The second-order valence-electron chi connectivity index (χ2n) is 5.58. The molecule has 0 aliphatic heterocycles. The van der Waals surface area contributed by atoms with E-state index >= 15 is 0 Å². The Morgan fingerprint density at radius 3 is 2.20 bits per heavy atom. The molecule has 25 heavy (non-hydrogen) atoms. The molecule has 0 atom stereocenters.